The van der Waals surface area contributed by atoms with Crippen molar-refractivity contribution < 1.29 is 30.6 Å². The SMILES string of the molecule is O=C1CCCCC1SS(=O)(=O)OC(F)(F)F. The van der Waals surface area contributed by atoms with E-state index in [1.807, 2.05) is 0 Å². The number of rotatable bonds is 3. The van der Waals surface area contributed by atoms with Crippen LogP contribution in [0.2, 0.25) is 0 Å². The van der Waals surface area contributed by atoms with Crippen LogP contribution in [0, 0.1) is 0 Å². The van der Waals surface area contributed by atoms with Gasteiger partial charge >= 0.3 is 15.5 Å². The van der Waals surface area contributed by atoms with E-state index in [2.05, 4.69) is 4.18 Å². The molecule has 16 heavy (non-hydrogen) atoms. The van der Waals surface area contributed by atoms with E-state index in [1.54, 1.807) is 0 Å². The smallest absolute Gasteiger partial charge is 0.298 e. The number of halogens is 3. The van der Waals surface area contributed by atoms with Crippen molar-refractivity contribution in [3.63, 3.8) is 0 Å². The molecule has 0 heterocycles. The molecule has 1 unspecified atom stereocenters. The molecule has 0 aromatic rings. The van der Waals surface area contributed by atoms with Crippen molar-refractivity contribution >= 4 is 25.7 Å². The summed E-state index contributed by atoms with van der Waals surface area (Å²) in [6.07, 6.45) is -3.49. The van der Waals surface area contributed by atoms with Crippen molar-refractivity contribution in [2.24, 2.45) is 0 Å². The third-order valence-electron chi connectivity index (χ3n) is 1.93. The van der Waals surface area contributed by atoms with Gasteiger partial charge in [0.15, 0.2) is 0 Å². The fourth-order valence-electron chi connectivity index (χ4n) is 1.33. The maximum Gasteiger partial charge on any atom is 0.537 e. The predicted octanol–water partition coefficient (Wildman–Crippen LogP) is 2.01. The molecule has 0 radical (unpaired) electrons. The zero-order valence-electron chi connectivity index (χ0n) is 7.99. The zero-order valence-corrected chi connectivity index (χ0v) is 9.62. The van der Waals surface area contributed by atoms with Crippen LogP contribution in [-0.4, -0.2) is 25.8 Å². The highest BCUT2D eigenvalue weighted by Crippen LogP contribution is 2.33. The lowest BCUT2D eigenvalue weighted by Crippen LogP contribution is -2.25. The molecule has 0 N–H and O–H groups in total. The summed E-state index contributed by atoms with van der Waals surface area (Å²) in [5.74, 6) is -0.342. The van der Waals surface area contributed by atoms with Crippen LogP contribution >= 0.6 is 10.8 Å². The van der Waals surface area contributed by atoms with E-state index < -0.39 is 20.8 Å². The molecule has 0 amide bonds. The lowest BCUT2D eigenvalue weighted by Gasteiger charge is -2.19. The van der Waals surface area contributed by atoms with E-state index in [1.165, 1.54) is 0 Å². The van der Waals surface area contributed by atoms with Crippen LogP contribution in [0.3, 0.4) is 0 Å². The van der Waals surface area contributed by atoms with Crippen molar-refractivity contribution in [3.05, 3.63) is 0 Å². The van der Waals surface area contributed by atoms with E-state index in [9.17, 15) is 26.4 Å². The first kappa shape index (κ1) is 13.8. The van der Waals surface area contributed by atoms with Gasteiger partial charge < -0.3 is 0 Å². The fourth-order valence-corrected chi connectivity index (χ4v) is 4.19. The molecule has 1 atom stereocenters. The summed E-state index contributed by atoms with van der Waals surface area (Å²) < 4.78 is 59.9. The first-order valence-electron chi connectivity index (χ1n) is 4.43. The molecular weight excluding hydrogens is 269 g/mol. The molecule has 0 saturated heterocycles. The predicted molar refractivity (Wildman–Crippen MR) is 50.9 cm³/mol. The van der Waals surface area contributed by atoms with E-state index >= 15 is 0 Å². The van der Waals surface area contributed by atoms with Crippen LogP contribution in [-0.2, 0) is 18.1 Å². The lowest BCUT2D eigenvalue weighted by atomic mass is 9.99. The molecule has 9 heteroatoms. The summed E-state index contributed by atoms with van der Waals surface area (Å²) >= 11 is 0. The standard InChI is InChI=1S/C7H9F3O4S2/c8-7(9,10)14-16(12,13)15-6-4-2-1-3-5(6)11/h6H,1-4H2. The lowest BCUT2D eigenvalue weighted by molar-refractivity contribution is -0.270. The Hall–Kier alpha value is -0.280. The number of carbonyl (C=O) groups is 1. The van der Waals surface area contributed by atoms with Crippen LogP contribution in [0.4, 0.5) is 13.2 Å². The highest BCUT2D eigenvalue weighted by Gasteiger charge is 2.39. The highest BCUT2D eigenvalue weighted by molar-refractivity contribution is 8.70. The third-order valence-corrected chi connectivity index (χ3v) is 4.90. The Balaban J connectivity index is 2.61. The minimum Gasteiger partial charge on any atom is -0.298 e. The summed E-state index contributed by atoms with van der Waals surface area (Å²) in [6.45, 7) is 0. The van der Waals surface area contributed by atoms with Gasteiger partial charge in [-0.25, -0.2) is 0 Å². The number of hydrogen-bond acceptors (Lipinski definition) is 5. The number of ketones is 1. The van der Waals surface area contributed by atoms with Crippen LogP contribution in [0.1, 0.15) is 25.7 Å². The second-order valence-electron chi connectivity index (χ2n) is 3.23. The van der Waals surface area contributed by atoms with Gasteiger partial charge in [-0.3, -0.25) is 4.79 Å². The quantitative estimate of drug-likeness (QED) is 0.739. The minimum atomic E-state index is -5.25. The molecule has 94 valence electrons. The summed E-state index contributed by atoms with van der Waals surface area (Å²) in [5.41, 5.74) is 0. The Morgan fingerprint density at radius 2 is 1.94 bits per heavy atom. The van der Waals surface area contributed by atoms with Gasteiger partial charge in [-0.15, -0.1) is 13.2 Å². The van der Waals surface area contributed by atoms with Gasteiger partial charge in [0.05, 0.1) is 5.25 Å². The topological polar surface area (TPSA) is 60.4 Å². The Kier molecular flexibility index (Phi) is 4.24. The largest absolute Gasteiger partial charge is 0.537 e. The maximum absolute atomic E-state index is 11.7. The van der Waals surface area contributed by atoms with Gasteiger partial charge in [0.1, 0.15) is 5.78 Å². The molecule has 0 aromatic heterocycles. The molecule has 1 saturated carbocycles. The fraction of sp³-hybridized carbons (Fsp3) is 0.857. The highest BCUT2D eigenvalue weighted by atomic mass is 33.1. The molecule has 0 aromatic carbocycles. The van der Waals surface area contributed by atoms with E-state index in [4.69, 9.17) is 0 Å². The summed E-state index contributed by atoms with van der Waals surface area (Å²) in [4.78, 5) is 11.2. The van der Waals surface area contributed by atoms with E-state index in [0.717, 1.165) is 0 Å². The second-order valence-corrected chi connectivity index (χ2v) is 6.78. The Morgan fingerprint density at radius 3 is 2.44 bits per heavy atom. The van der Waals surface area contributed by atoms with E-state index in [-0.39, 0.29) is 29.4 Å². The van der Waals surface area contributed by atoms with Crippen molar-refractivity contribution in [3.8, 4) is 0 Å². The monoisotopic (exact) mass is 278 g/mol. The van der Waals surface area contributed by atoms with Gasteiger partial charge in [-0.1, -0.05) is 6.42 Å². The van der Waals surface area contributed by atoms with Crippen molar-refractivity contribution in [1.82, 2.24) is 0 Å². The summed E-state index contributed by atoms with van der Waals surface area (Å²) in [7, 11) is -4.86. The third kappa shape index (κ3) is 4.71. The average molecular weight is 278 g/mol. The number of Topliss-reactive ketones (excluding diaryl/α,β-unsaturated/α-hetero) is 1. The Morgan fingerprint density at radius 1 is 1.31 bits per heavy atom. The van der Waals surface area contributed by atoms with Crippen molar-refractivity contribution in [2.75, 3.05) is 0 Å². The molecule has 1 aliphatic carbocycles. The average Bonchev–Trinajstić information content (AvgIpc) is 2.04. The molecule has 0 spiro atoms. The molecular formula is C7H9F3O4S2. The molecule has 1 rings (SSSR count). The van der Waals surface area contributed by atoms with Gasteiger partial charge in [0, 0.05) is 17.2 Å². The minimum absolute atomic E-state index is 0.0617. The van der Waals surface area contributed by atoms with Gasteiger partial charge in [0.2, 0.25) is 0 Å². The van der Waals surface area contributed by atoms with E-state index in [0.29, 0.717) is 12.8 Å². The summed E-state index contributed by atoms with van der Waals surface area (Å²) in [6, 6.07) is 0. The molecule has 1 aliphatic rings. The number of carbonyl (C=O) groups excluding carboxylic acids is 1. The van der Waals surface area contributed by atoms with Gasteiger partial charge in [-0.2, -0.15) is 12.6 Å². The van der Waals surface area contributed by atoms with Crippen LogP contribution in [0.15, 0.2) is 0 Å². The first-order chi connectivity index (χ1) is 7.20. The molecule has 4 nitrogen and oxygen atoms in total. The first-order valence-corrected chi connectivity index (χ1v) is 7.23. The van der Waals surface area contributed by atoms with Crippen LogP contribution in [0.5, 0.6) is 0 Å². The molecule has 0 bridgehead atoms. The normalized spacial score (nSPS) is 23.4. The number of alkyl halides is 3. The number of hydrogen-bond donors (Lipinski definition) is 0. The molecule has 0 aliphatic heterocycles. The zero-order chi connectivity index (χ0) is 12.4. The van der Waals surface area contributed by atoms with Gasteiger partial charge in [0.25, 0.3) is 0 Å². The van der Waals surface area contributed by atoms with Crippen LogP contribution in [0.25, 0.3) is 0 Å². The Labute approximate surface area is 94.1 Å². The second kappa shape index (κ2) is 4.92. The van der Waals surface area contributed by atoms with Crippen molar-refractivity contribution in [2.45, 2.75) is 37.3 Å². The summed E-state index contributed by atoms with van der Waals surface area (Å²) in [5, 5.41) is -0.943. The Bertz CT molecular complexity index is 362. The van der Waals surface area contributed by atoms with Crippen LogP contribution < -0.4 is 0 Å². The molecule has 1 fully saturated rings. The maximum atomic E-state index is 11.7. The van der Waals surface area contributed by atoms with Gasteiger partial charge in [-0.05, 0) is 12.8 Å². The van der Waals surface area contributed by atoms with Crippen molar-refractivity contribution in [1.29, 1.82) is 0 Å².